The van der Waals surface area contributed by atoms with Gasteiger partial charge in [0.1, 0.15) is 36.6 Å². The first kappa shape index (κ1) is 181. The first-order valence-corrected chi connectivity index (χ1v) is 49.4. The fraction of sp³-hybridized carbons (Fsp3) is 0.941. The highest BCUT2D eigenvalue weighted by Gasteiger charge is 2.37. The van der Waals surface area contributed by atoms with Gasteiger partial charge >= 0.3 is 41.8 Å². The standard InChI is InChI=1S/2C17H34O2.2C15H30O2.C14H28O2.2C13H26O2.14CH4/c1-8-13(9-2)15(14(10-3)11-4)19-16(18)17(6,7)12-5;1-6-9-11-13-15(14-12-10-7-2)19-16(18)17(4,5)8-3;1-6-9-10-11-12-13(7-2)17-14(16)15(4,5)8-3;1-6-9-11-13(12-10-7-2)17-14(16)15(4,5)8-3;1-6-9-10-12(7-2)11-16-13(15)14(4,5)8-3;1-8-13(6,7)12(14)15-11(9(2)3)10(4)5;1-6-9-11(10-7-2)15-12(14)13(4,5)8-3;;;;;;;;;;;;;;/h13-15H,8-12H2,1-7H3;15H,6-14H2,1-5H3;2*13H,6-12H2,1-5H3;12H,6-11H2,1-5H3;9-11H,8H2,1-7H3;11H,6-10H2,1-5H3;14*1H4. The molecule has 0 N–H and O–H groups in total. The number of hydrogen-bond acceptors (Lipinski definition) is 14. The Kier molecular flexibility index (Phi) is 143. The molecule has 0 heterocycles. The van der Waals surface area contributed by atoms with Gasteiger partial charge in [-0.2, -0.15) is 0 Å². The fourth-order valence-electron chi connectivity index (χ4n) is 11.9. The van der Waals surface area contributed by atoms with Crippen LogP contribution in [0.4, 0.5) is 0 Å². The van der Waals surface area contributed by atoms with E-state index in [1.165, 1.54) is 83.5 Å². The summed E-state index contributed by atoms with van der Waals surface area (Å²) in [5, 5.41) is 0. The molecule has 0 aromatic rings. The van der Waals surface area contributed by atoms with E-state index in [-0.39, 0.29) is 220 Å². The van der Waals surface area contributed by atoms with Crippen molar-refractivity contribution in [2.75, 3.05) is 6.61 Å². The summed E-state index contributed by atoms with van der Waals surface area (Å²) in [7, 11) is 0. The van der Waals surface area contributed by atoms with E-state index in [0.717, 1.165) is 167 Å². The van der Waals surface area contributed by atoms with E-state index in [1.807, 2.05) is 145 Å². The average molecular weight is 1910 g/mol. The Balaban J connectivity index is -0.0000000564. The van der Waals surface area contributed by atoms with Gasteiger partial charge in [0, 0.05) is 0 Å². The molecule has 820 valence electrons. The predicted octanol–water partition coefficient (Wildman–Crippen LogP) is 40.8. The van der Waals surface area contributed by atoms with Crippen LogP contribution in [-0.2, 0) is 66.7 Å². The second-order valence-corrected chi connectivity index (χ2v) is 39.3. The zero-order valence-corrected chi connectivity index (χ0v) is 86.4. The third kappa shape index (κ3) is 87.8. The van der Waals surface area contributed by atoms with Crippen LogP contribution in [0.1, 0.15) is 624 Å². The molecule has 2 atom stereocenters. The summed E-state index contributed by atoms with van der Waals surface area (Å²) < 4.78 is 39.5. The van der Waals surface area contributed by atoms with Crippen LogP contribution in [0.2, 0.25) is 0 Å². The molecule has 14 heteroatoms. The molecule has 0 aliphatic carbocycles. The van der Waals surface area contributed by atoms with Gasteiger partial charge in [0.15, 0.2) is 0 Å². The maximum absolute atomic E-state index is 12.4. The van der Waals surface area contributed by atoms with E-state index in [1.54, 1.807) is 0 Å². The molecule has 0 aliphatic heterocycles. The summed E-state index contributed by atoms with van der Waals surface area (Å²) in [5.74, 6) is 1.98. The van der Waals surface area contributed by atoms with Gasteiger partial charge in [0.2, 0.25) is 0 Å². The first-order chi connectivity index (χ1) is 55.0. The third-order valence-electron chi connectivity index (χ3n) is 25.0. The van der Waals surface area contributed by atoms with E-state index in [0.29, 0.717) is 36.2 Å². The molecule has 0 amide bonds. The topological polar surface area (TPSA) is 184 Å². The molecular weight excluding hydrogens is 1640 g/mol. The van der Waals surface area contributed by atoms with Crippen LogP contribution in [0, 0.1) is 67.5 Å². The lowest BCUT2D eigenvalue weighted by Crippen LogP contribution is -2.38. The molecule has 0 spiro atoms. The molecule has 14 nitrogen and oxygen atoms in total. The number of esters is 7. The van der Waals surface area contributed by atoms with Crippen LogP contribution in [-0.4, -0.2) is 85.0 Å². The molecular formula is C118H264O14. The van der Waals surface area contributed by atoms with Crippen molar-refractivity contribution in [3.8, 4) is 0 Å². The van der Waals surface area contributed by atoms with Crippen molar-refractivity contribution in [2.24, 2.45) is 67.5 Å². The molecule has 0 radical (unpaired) electrons. The van der Waals surface area contributed by atoms with Gasteiger partial charge in [-0.05, 0) is 274 Å². The third-order valence-corrected chi connectivity index (χ3v) is 25.0. The lowest BCUT2D eigenvalue weighted by atomic mass is 9.83. The molecule has 0 fully saturated rings. The van der Waals surface area contributed by atoms with Crippen LogP contribution in [0.15, 0.2) is 0 Å². The smallest absolute Gasteiger partial charge is 0.311 e. The lowest BCUT2D eigenvalue weighted by molar-refractivity contribution is -0.167. The van der Waals surface area contributed by atoms with E-state index in [4.69, 9.17) is 33.2 Å². The Morgan fingerprint density at radius 3 is 0.636 bits per heavy atom. The van der Waals surface area contributed by atoms with Gasteiger partial charge in [-0.3, -0.25) is 33.6 Å². The maximum atomic E-state index is 12.4. The highest BCUT2D eigenvalue weighted by Crippen LogP contribution is 2.34. The molecule has 0 rings (SSSR count). The fourth-order valence-corrected chi connectivity index (χ4v) is 11.9. The van der Waals surface area contributed by atoms with E-state index < -0.39 is 0 Å². The first-order valence-electron chi connectivity index (χ1n) is 49.4. The summed E-state index contributed by atoms with van der Waals surface area (Å²) in [4.78, 5) is 83.9. The van der Waals surface area contributed by atoms with E-state index >= 15 is 0 Å². The minimum Gasteiger partial charge on any atom is -0.465 e. The molecule has 0 saturated carbocycles. The quantitative estimate of drug-likeness (QED) is 0.0318. The van der Waals surface area contributed by atoms with Crippen molar-refractivity contribution in [1.29, 1.82) is 0 Å². The van der Waals surface area contributed by atoms with Crippen molar-refractivity contribution >= 4 is 41.8 Å². The molecule has 132 heavy (non-hydrogen) atoms. The van der Waals surface area contributed by atoms with Crippen LogP contribution in [0.25, 0.3) is 0 Å². The van der Waals surface area contributed by atoms with Crippen molar-refractivity contribution in [3.63, 3.8) is 0 Å². The number of hydrogen-bond donors (Lipinski definition) is 0. The zero-order valence-electron chi connectivity index (χ0n) is 86.4. The second kappa shape index (κ2) is 105. The van der Waals surface area contributed by atoms with Crippen molar-refractivity contribution in [3.05, 3.63) is 0 Å². The van der Waals surface area contributed by atoms with E-state index in [9.17, 15) is 33.6 Å². The zero-order chi connectivity index (χ0) is 93.1. The molecule has 2 unspecified atom stereocenters. The lowest BCUT2D eigenvalue weighted by Gasteiger charge is -2.34. The minimum absolute atomic E-state index is 0. The largest absolute Gasteiger partial charge is 0.465 e. The highest BCUT2D eigenvalue weighted by atomic mass is 16.6. The Bertz CT molecular complexity index is 2370. The Morgan fingerprint density at radius 2 is 0.409 bits per heavy atom. The van der Waals surface area contributed by atoms with Gasteiger partial charge in [-0.25, -0.2) is 0 Å². The SMILES string of the molecule is C.C.C.C.C.C.C.C.C.C.C.C.C.C.CCC(C)(C)C(=O)OC(C(C)C)C(C)C.CCC(CC)C(OC(=O)C(C)(C)CC)C(CC)CC.CCCC(CCC)OC(=O)C(C)(C)CC.CCCCC(CC)COC(=O)C(C)(C)CC.CCCCC(CCCC)OC(=O)C(C)(C)CC.CCCCCC(CCCCC)OC(=O)C(C)(C)CC.CCCCCCC(CC)OC(=O)C(C)(C)CC. The van der Waals surface area contributed by atoms with Crippen molar-refractivity contribution < 1.29 is 66.7 Å². The molecule has 0 aromatic heterocycles. The van der Waals surface area contributed by atoms with Gasteiger partial charge in [0.05, 0.1) is 44.5 Å². The number of rotatable bonds is 58. The summed E-state index contributed by atoms with van der Waals surface area (Å²) in [5.41, 5.74) is -2.40. The Labute approximate surface area is 838 Å². The number of ether oxygens (including phenoxy) is 7. The minimum atomic E-state index is -0.365. The van der Waals surface area contributed by atoms with Gasteiger partial charge in [0.25, 0.3) is 0 Å². The molecule has 0 aliphatic rings. The maximum Gasteiger partial charge on any atom is 0.311 e. The number of carbonyl (C=O) groups excluding carboxylic acids is 7. The Morgan fingerprint density at radius 1 is 0.205 bits per heavy atom. The number of carbonyl (C=O) groups is 7. The monoisotopic (exact) mass is 1910 g/mol. The summed E-state index contributed by atoms with van der Waals surface area (Å²) >= 11 is 0. The van der Waals surface area contributed by atoms with Crippen LogP contribution >= 0.6 is 0 Å². The molecule has 0 saturated heterocycles. The predicted molar refractivity (Wildman–Crippen MR) is 600 cm³/mol. The van der Waals surface area contributed by atoms with Crippen LogP contribution in [0.3, 0.4) is 0 Å². The summed E-state index contributed by atoms with van der Waals surface area (Å²) in [6, 6.07) is 0. The normalized spacial score (nSPS) is 11.2. The average Bonchev–Trinajstić information content (AvgIpc) is 0.845. The van der Waals surface area contributed by atoms with E-state index in [2.05, 4.69) is 125 Å². The highest BCUT2D eigenvalue weighted by molar-refractivity contribution is 5.78. The van der Waals surface area contributed by atoms with Gasteiger partial charge in [-0.15, -0.1) is 0 Å². The van der Waals surface area contributed by atoms with Gasteiger partial charge < -0.3 is 33.2 Å². The Hall–Kier alpha value is -3.71. The second-order valence-electron chi connectivity index (χ2n) is 39.3. The van der Waals surface area contributed by atoms with Crippen LogP contribution < -0.4 is 0 Å². The van der Waals surface area contributed by atoms with Crippen molar-refractivity contribution in [1.82, 2.24) is 0 Å². The summed E-state index contributed by atoms with van der Waals surface area (Å²) in [6.45, 7) is 81.1. The van der Waals surface area contributed by atoms with Gasteiger partial charge in [-0.1, -0.05) is 380 Å². The van der Waals surface area contributed by atoms with Crippen LogP contribution in [0.5, 0.6) is 0 Å². The molecule has 0 aromatic carbocycles. The molecule has 0 bridgehead atoms. The van der Waals surface area contributed by atoms with Crippen molar-refractivity contribution in [2.45, 2.75) is 661 Å². The number of unbranched alkanes of at least 4 members (excludes halogenated alkanes) is 10. The summed E-state index contributed by atoms with van der Waals surface area (Å²) in [6.07, 6.45) is 42.5.